The van der Waals surface area contributed by atoms with Gasteiger partial charge in [0.15, 0.2) is 0 Å². The predicted octanol–water partition coefficient (Wildman–Crippen LogP) is 1.07. The number of carboxylic acids is 1. The fourth-order valence-electron chi connectivity index (χ4n) is 1.08. The molecule has 5 heteroatoms. The van der Waals surface area contributed by atoms with Gasteiger partial charge in [-0.25, -0.2) is 0 Å². The molecule has 0 spiro atoms. The van der Waals surface area contributed by atoms with Gasteiger partial charge < -0.3 is 10.2 Å². The number of aliphatic carboxylic acids is 1. The molecule has 0 saturated carbocycles. The summed E-state index contributed by atoms with van der Waals surface area (Å²) in [6, 6.07) is 0. The number of aromatic nitrogens is 2. The maximum Gasteiger partial charge on any atom is 0.315 e. The molecule has 0 saturated heterocycles. The molecule has 5 nitrogen and oxygen atoms in total. The highest BCUT2D eigenvalue weighted by atomic mass is 16.4. The molecule has 0 aliphatic rings. The van der Waals surface area contributed by atoms with Crippen molar-refractivity contribution in [2.45, 2.75) is 38.7 Å². The van der Waals surface area contributed by atoms with Crippen LogP contribution in [0.25, 0.3) is 0 Å². The fourth-order valence-corrected chi connectivity index (χ4v) is 1.08. The molecule has 0 aliphatic carbocycles. The molecule has 88 valence electrons. The lowest BCUT2D eigenvalue weighted by Crippen LogP contribution is -2.30. The molecule has 2 N–H and O–H groups in total. The first-order valence-corrected chi connectivity index (χ1v) is 4.94. The Balaban J connectivity index is 3.09. The second-order valence-electron chi connectivity index (χ2n) is 4.78. The number of hydrogen-bond donors (Lipinski definition) is 2. The minimum absolute atomic E-state index is 0.369. The highest BCUT2D eigenvalue weighted by molar-refractivity contribution is 5.79. The van der Waals surface area contributed by atoms with Gasteiger partial charge in [-0.15, -0.1) is 0 Å². The normalized spacial score (nSPS) is 12.6. The van der Waals surface area contributed by atoms with Crippen LogP contribution in [0.2, 0.25) is 0 Å². The van der Waals surface area contributed by atoms with Crippen LogP contribution in [0.4, 0.5) is 0 Å². The zero-order valence-corrected chi connectivity index (χ0v) is 9.85. The topological polar surface area (TPSA) is 83.3 Å². The number of hydrogen-bond acceptors (Lipinski definition) is 4. The van der Waals surface area contributed by atoms with Crippen molar-refractivity contribution in [2.75, 3.05) is 0 Å². The SMILES string of the molecule is CC(C)(O)c1cnc(C(C)(C)C(=O)O)cn1. The van der Waals surface area contributed by atoms with E-state index in [1.54, 1.807) is 27.7 Å². The van der Waals surface area contributed by atoms with E-state index in [0.717, 1.165) is 0 Å². The molecule has 1 aromatic rings. The summed E-state index contributed by atoms with van der Waals surface area (Å²) in [7, 11) is 0. The van der Waals surface area contributed by atoms with Crippen LogP contribution in [0.3, 0.4) is 0 Å². The van der Waals surface area contributed by atoms with E-state index in [0.29, 0.717) is 11.4 Å². The maximum atomic E-state index is 11.0. The molecule has 0 aromatic carbocycles. The Morgan fingerprint density at radius 1 is 1.12 bits per heavy atom. The van der Waals surface area contributed by atoms with Gasteiger partial charge in [0, 0.05) is 6.20 Å². The molecule has 16 heavy (non-hydrogen) atoms. The summed E-state index contributed by atoms with van der Waals surface area (Å²) in [4.78, 5) is 19.0. The molecule has 0 unspecified atom stereocenters. The quantitative estimate of drug-likeness (QED) is 0.802. The van der Waals surface area contributed by atoms with Gasteiger partial charge in [0.05, 0.1) is 17.6 Å². The number of rotatable bonds is 3. The third kappa shape index (κ3) is 2.36. The number of nitrogens with zero attached hydrogens (tertiary/aromatic N) is 2. The van der Waals surface area contributed by atoms with Crippen molar-refractivity contribution in [3.63, 3.8) is 0 Å². The van der Waals surface area contributed by atoms with E-state index in [-0.39, 0.29) is 0 Å². The van der Waals surface area contributed by atoms with Gasteiger partial charge in [0.1, 0.15) is 11.0 Å². The molecule has 1 heterocycles. The Morgan fingerprint density at radius 2 is 1.56 bits per heavy atom. The van der Waals surface area contributed by atoms with Crippen LogP contribution in [0.5, 0.6) is 0 Å². The summed E-state index contributed by atoms with van der Waals surface area (Å²) in [5, 5.41) is 18.7. The fraction of sp³-hybridized carbons (Fsp3) is 0.545. The Bertz CT molecular complexity index is 391. The van der Waals surface area contributed by atoms with Crippen molar-refractivity contribution >= 4 is 5.97 Å². The van der Waals surface area contributed by atoms with E-state index in [9.17, 15) is 9.90 Å². The van der Waals surface area contributed by atoms with Crippen LogP contribution in [0, 0.1) is 0 Å². The van der Waals surface area contributed by atoms with Gasteiger partial charge in [0.25, 0.3) is 0 Å². The molecule has 0 amide bonds. The van der Waals surface area contributed by atoms with E-state index in [2.05, 4.69) is 9.97 Å². The van der Waals surface area contributed by atoms with Crippen molar-refractivity contribution < 1.29 is 15.0 Å². The Kier molecular flexibility index (Phi) is 3.01. The van der Waals surface area contributed by atoms with Crippen molar-refractivity contribution in [3.8, 4) is 0 Å². The molecule has 1 aromatic heterocycles. The molecule has 0 fully saturated rings. The van der Waals surface area contributed by atoms with E-state index in [1.165, 1.54) is 12.4 Å². The summed E-state index contributed by atoms with van der Waals surface area (Å²) in [5.41, 5.74) is -1.37. The Labute approximate surface area is 94.2 Å². The van der Waals surface area contributed by atoms with Gasteiger partial charge in [0.2, 0.25) is 0 Å². The first-order valence-electron chi connectivity index (χ1n) is 4.94. The molecule has 0 atom stereocenters. The number of carboxylic acid groups (broad SMARTS) is 1. The zero-order valence-electron chi connectivity index (χ0n) is 9.85. The minimum atomic E-state index is -1.08. The van der Waals surface area contributed by atoms with Gasteiger partial charge in [-0.2, -0.15) is 0 Å². The zero-order chi connectivity index (χ0) is 12.6. The highest BCUT2D eigenvalue weighted by Gasteiger charge is 2.31. The van der Waals surface area contributed by atoms with Crippen molar-refractivity contribution in [3.05, 3.63) is 23.8 Å². The van der Waals surface area contributed by atoms with E-state index < -0.39 is 17.0 Å². The highest BCUT2D eigenvalue weighted by Crippen LogP contribution is 2.22. The largest absolute Gasteiger partial charge is 0.481 e. The van der Waals surface area contributed by atoms with Gasteiger partial charge in [-0.3, -0.25) is 14.8 Å². The van der Waals surface area contributed by atoms with Crippen LogP contribution < -0.4 is 0 Å². The minimum Gasteiger partial charge on any atom is -0.481 e. The van der Waals surface area contributed by atoms with Crippen molar-refractivity contribution in [2.24, 2.45) is 0 Å². The third-order valence-electron chi connectivity index (χ3n) is 2.45. The van der Waals surface area contributed by atoms with Crippen LogP contribution in [0.15, 0.2) is 12.4 Å². The summed E-state index contributed by atoms with van der Waals surface area (Å²) < 4.78 is 0. The molecule has 1 rings (SSSR count). The summed E-state index contributed by atoms with van der Waals surface area (Å²) in [6.07, 6.45) is 2.79. The number of aliphatic hydroxyl groups is 1. The molecule has 0 aliphatic heterocycles. The summed E-state index contributed by atoms with van der Waals surface area (Å²) >= 11 is 0. The van der Waals surface area contributed by atoms with Gasteiger partial charge >= 0.3 is 5.97 Å². The third-order valence-corrected chi connectivity index (χ3v) is 2.45. The maximum absolute atomic E-state index is 11.0. The van der Waals surface area contributed by atoms with Gasteiger partial charge in [-0.05, 0) is 27.7 Å². The molecular weight excluding hydrogens is 208 g/mol. The van der Waals surface area contributed by atoms with E-state index in [4.69, 9.17) is 5.11 Å². The lowest BCUT2D eigenvalue weighted by atomic mass is 9.90. The number of carbonyl (C=O) groups is 1. The lowest BCUT2D eigenvalue weighted by Gasteiger charge is -2.20. The second-order valence-corrected chi connectivity index (χ2v) is 4.78. The first-order chi connectivity index (χ1) is 7.15. The Morgan fingerprint density at radius 3 is 1.88 bits per heavy atom. The van der Waals surface area contributed by atoms with Crippen molar-refractivity contribution in [1.29, 1.82) is 0 Å². The van der Waals surface area contributed by atoms with Crippen LogP contribution >= 0.6 is 0 Å². The summed E-state index contributed by atoms with van der Waals surface area (Å²) in [5.74, 6) is -0.960. The first kappa shape index (κ1) is 12.6. The van der Waals surface area contributed by atoms with Gasteiger partial charge in [-0.1, -0.05) is 0 Å². The van der Waals surface area contributed by atoms with Crippen molar-refractivity contribution in [1.82, 2.24) is 9.97 Å². The molecule has 0 radical (unpaired) electrons. The van der Waals surface area contributed by atoms with Crippen LogP contribution in [-0.2, 0) is 15.8 Å². The molecule has 0 bridgehead atoms. The average molecular weight is 224 g/mol. The average Bonchev–Trinajstić information content (AvgIpc) is 2.16. The standard InChI is InChI=1S/C11H16N2O3/c1-10(2,9(14)15)7-5-13-8(6-12-7)11(3,4)16/h5-6,16H,1-4H3,(H,14,15). The second kappa shape index (κ2) is 3.83. The smallest absolute Gasteiger partial charge is 0.315 e. The molecular formula is C11H16N2O3. The van der Waals surface area contributed by atoms with E-state index >= 15 is 0 Å². The van der Waals surface area contributed by atoms with E-state index in [1.807, 2.05) is 0 Å². The predicted molar refractivity (Wildman–Crippen MR) is 57.9 cm³/mol. The monoisotopic (exact) mass is 224 g/mol. The lowest BCUT2D eigenvalue weighted by molar-refractivity contribution is -0.142. The Hall–Kier alpha value is -1.49. The van der Waals surface area contributed by atoms with Crippen LogP contribution in [0.1, 0.15) is 39.1 Å². The summed E-state index contributed by atoms with van der Waals surface area (Å²) in [6.45, 7) is 6.31. The van der Waals surface area contributed by atoms with Crippen LogP contribution in [-0.4, -0.2) is 26.2 Å².